The first-order valence-corrected chi connectivity index (χ1v) is 6.20. The van der Waals surface area contributed by atoms with Crippen molar-refractivity contribution in [1.82, 2.24) is 10.6 Å². The van der Waals surface area contributed by atoms with Crippen LogP contribution in [0.25, 0.3) is 0 Å². The molecule has 3 unspecified atom stereocenters. The molecule has 15 heavy (non-hydrogen) atoms. The van der Waals surface area contributed by atoms with Crippen LogP contribution in [0.15, 0.2) is 0 Å². The molecule has 3 nitrogen and oxygen atoms in total. The van der Waals surface area contributed by atoms with Crippen LogP contribution in [0.5, 0.6) is 0 Å². The molecule has 0 aromatic carbocycles. The van der Waals surface area contributed by atoms with Crippen molar-refractivity contribution in [2.24, 2.45) is 11.8 Å². The number of carbonyl (C=O) groups is 1. The van der Waals surface area contributed by atoms with Crippen molar-refractivity contribution in [2.75, 3.05) is 13.1 Å². The maximum atomic E-state index is 11.7. The molecule has 1 amide bonds. The van der Waals surface area contributed by atoms with Crippen LogP contribution in [-0.2, 0) is 4.79 Å². The molecule has 1 aliphatic heterocycles. The minimum Gasteiger partial charge on any atom is -0.355 e. The monoisotopic (exact) mass is 212 g/mol. The van der Waals surface area contributed by atoms with Crippen molar-refractivity contribution in [3.63, 3.8) is 0 Å². The highest BCUT2D eigenvalue weighted by Crippen LogP contribution is 2.26. The third kappa shape index (κ3) is 3.49. The fraction of sp³-hybridized carbons (Fsp3) is 0.917. The standard InChI is InChI=1S/C12H24N2O/c1-4-9(3)10-6-7-14-11(8-10)12(15)13-5-2/h9-11,14H,4-8H2,1-3H3,(H,13,15). The first kappa shape index (κ1) is 12.5. The maximum Gasteiger partial charge on any atom is 0.237 e. The van der Waals surface area contributed by atoms with E-state index in [9.17, 15) is 4.79 Å². The molecule has 0 saturated carbocycles. The normalized spacial score (nSPS) is 28.5. The topological polar surface area (TPSA) is 41.1 Å². The van der Waals surface area contributed by atoms with E-state index in [2.05, 4.69) is 24.5 Å². The Morgan fingerprint density at radius 1 is 1.53 bits per heavy atom. The molecule has 0 spiro atoms. The number of hydrogen-bond acceptors (Lipinski definition) is 2. The largest absolute Gasteiger partial charge is 0.355 e. The molecule has 1 heterocycles. The van der Waals surface area contributed by atoms with E-state index in [4.69, 9.17) is 0 Å². The lowest BCUT2D eigenvalue weighted by Gasteiger charge is -2.32. The summed E-state index contributed by atoms with van der Waals surface area (Å²) in [6, 6.07) is 0.0395. The van der Waals surface area contributed by atoms with E-state index in [1.165, 1.54) is 12.8 Å². The summed E-state index contributed by atoms with van der Waals surface area (Å²) < 4.78 is 0. The Hall–Kier alpha value is -0.570. The van der Waals surface area contributed by atoms with Gasteiger partial charge < -0.3 is 10.6 Å². The number of rotatable bonds is 4. The van der Waals surface area contributed by atoms with Gasteiger partial charge in [-0.2, -0.15) is 0 Å². The van der Waals surface area contributed by atoms with Crippen LogP contribution >= 0.6 is 0 Å². The fourth-order valence-electron chi connectivity index (χ4n) is 2.29. The second kappa shape index (κ2) is 6.11. The van der Waals surface area contributed by atoms with E-state index in [-0.39, 0.29) is 11.9 Å². The highest BCUT2D eigenvalue weighted by Gasteiger charge is 2.28. The van der Waals surface area contributed by atoms with E-state index in [1.807, 2.05) is 6.92 Å². The SMILES string of the molecule is CCNC(=O)C1CC(C(C)CC)CCN1. The minimum absolute atomic E-state index is 0.0395. The van der Waals surface area contributed by atoms with Gasteiger partial charge in [0.15, 0.2) is 0 Å². The van der Waals surface area contributed by atoms with Crippen LogP contribution in [0.1, 0.15) is 40.0 Å². The van der Waals surface area contributed by atoms with Gasteiger partial charge in [-0.05, 0) is 38.1 Å². The lowest BCUT2D eigenvalue weighted by Crippen LogP contribution is -2.49. The molecular weight excluding hydrogens is 188 g/mol. The third-order valence-electron chi connectivity index (χ3n) is 3.56. The Kier molecular flexibility index (Phi) is 5.09. The Labute approximate surface area is 93.0 Å². The van der Waals surface area contributed by atoms with Gasteiger partial charge in [-0.25, -0.2) is 0 Å². The summed E-state index contributed by atoms with van der Waals surface area (Å²) in [5.41, 5.74) is 0. The van der Waals surface area contributed by atoms with E-state index >= 15 is 0 Å². The van der Waals surface area contributed by atoms with Crippen LogP contribution in [-0.4, -0.2) is 25.0 Å². The van der Waals surface area contributed by atoms with Crippen molar-refractivity contribution < 1.29 is 4.79 Å². The lowest BCUT2D eigenvalue weighted by molar-refractivity contribution is -0.124. The number of piperidine rings is 1. The average Bonchev–Trinajstić information content (AvgIpc) is 2.28. The molecule has 3 atom stereocenters. The molecule has 0 aliphatic carbocycles. The number of nitrogens with one attached hydrogen (secondary N) is 2. The summed E-state index contributed by atoms with van der Waals surface area (Å²) in [6.07, 6.45) is 3.43. The van der Waals surface area contributed by atoms with E-state index in [1.54, 1.807) is 0 Å². The summed E-state index contributed by atoms with van der Waals surface area (Å²) >= 11 is 0. The molecule has 1 rings (SSSR count). The fourth-order valence-corrected chi connectivity index (χ4v) is 2.29. The minimum atomic E-state index is 0.0395. The zero-order chi connectivity index (χ0) is 11.3. The predicted molar refractivity (Wildman–Crippen MR) is 62.7 cm³/mol. The van der Waals surface area contributed by atoms with Gasteiger partial charge in [0.25, 0.3) is 0 Å². The zero-order valence-corrected chi connectivity index (χ0v) is 10.2. The Morgan fingerprint density at radius 2 is 2.27 bits per heavy atom. The first-order chi connectivity index (χ1) is 7.19. The van der Waals surface area contributed by atoms with Gasteiger partial charge in [-0.15, -0.1) is 0 Å². The third-order valence-corrected chi connectivity index (χ3v) is 3.56. The Bertz CT molecular complexity index is 206. The van der Waals surface area contributed by atoms with Crippen molar-refractivity contribution in [1.29, 1.82) is 0 Å². The van der Waals surface area contributed by atoms with Crippen LogP contribution < -0.4 is 10.6 Å². The van der Waals surface area contributed by atoms with Crippen LogP contribution in [0.2, 0.25) is 0 Å². The van der Waals surface area contributed by atoms with E-state index < -0.39 is 0 Å². The van der Waals surface area contributed by atoms with Crippen LogP contribution in [0.4, 0.5) is 0 Å². The molecule has 0 aromatic heterocycles. The number of carbonyl (C=O) groups excluding carboxylic acids is 1. The van der Waals surface area contributed by atoms with Gasteiger partial charge in [-0.3, -0.25) is 4.79 Å². The molecule has 88 valence electrons. The summed E-state index contributed by atoms with van der Waals surface area (Å²) in [5, 5.41) is 6.19. The van der Waals surface area contributed by atoms with Crippen LogP contribution in [0, 0.1) is 11.8 Å². The second-order valence-corrected chi connectivity index (χ2v) is 4.57. The smallest absolute Gasteiger partial charge is 0.237 e. The van der Waals surface area contributed by atoms with Gasteiger partial charge >= 0.3 is 0 Å². The molecule has 0 aromatic rings. The Balaban J connectivity index is 2.44. The van der Waals surface area contributed by atoms with Gasteiger partial charge in [0.2, 0.25) is 5.91 Å². The highest BCUT2D eigenvalue weighted by atomic mass is 16.2. The Morgan fingerprint density at radius 3 is 2.87 bits per heavy atom. The molecule has 0 bridgehead atoms. The lowest BCUT2D eigenvalue weighted by atomic mass is 9.81. The average molecular weight is 212 g/mol. The van der Waals surface area contributed by atoms with Crippen molar-refractivity contribution in [2.45, 2.75) is 46.1 Å². The van der Waals surface area contributed by atoms with E-state index in [0.717, 1.165) is 25.4 Å². The quantitative estimate of drug-likeness (QED) is 0.742. The first-order valence-electron chi connectivity index (χ1n) is 6.20. The van der Waals surface area contributed by atoms with Gasteiger partial charge in [0.05, 0.1) is 6.04 Å². The summed E-state index contributed by atoms with van der Waals surface area (Å²) in [4.78, 5) is 11.7. The molecule has 2 N–H and O–H groups in total. The zero-order valence-electron chi connectivity index (χ0n) is 10.2. The summed E-state index contributed by atoms with van der Waals surface area (Å²) in [5.74, 6) is 1.62. The van der Waals surface area contributed by atoms with Gasteiger partial charge in [-0.1, -0.05) is 20.3 Å². The predicted octanol–water partition coefficient (Wildman–Crippen LogP) is 1.54. The van der Waals surface area contributed by atoms with Crippen LogP contribution in [0.3, 0.4) is 0 Å². The molecule has 3 heteroatoms. The number of amides is 1. The summed E-state index contributed by atoms with van der Waals surface area (Å²) in [7, 11) is 0. The molecule has 0 radical (unpaired) electrons. The van der Waals surface area contributed by atoms with Crippen molar-refractivity contribution >= 4 is 5.91 Å². The number of hydrogen-bond donors (Lipinski definition) is 2. The van der Waals surface area contributed by atoms with Crippen molar-refractivity contribution in [3.8, 4) is 0 Å². The second-order valence-electron chi connectivity index (χ2n) is 4.57. The van der Waals surface area contributed by atoms with Crippen molar-refractivity contribution in [3.05, 3.63) is 0 Å². The maximum absolute atomic E-state index is 11.7. The van der Waals surface area contributed by atoms with Gasteiger partial charge in [0.1, 0.15) is 0 Å². The molecule has 1 fully saturated rings. The molecule has 1 aliphatic rings. The summed E-state index contributed by atoms with van der Waals surface area (Å²) in [6.45, 7) is 8.20. The van der Waals surface area contributed by atoms with E-state index in [0.29, 0.717) is 5.92 Å². The van der Waals surface area contributed by atoms with Gasteiger partial charge in [0, 0.05) is 6.54 Å². The molecule has 1 saturated heterocycles. The molecular formula is C12H24N2O. The number of likely N-dealkylation sites (N-methyl/N-ethyl adjacent to an activating group) is 1. The highest BCUT2D eigenvalue weighted by molar-refractivity contribution is 5.81.